The number of benzene rings is 2. The Labute approximate surface area is 152 Å². The van der Waals surface area contributed by atoms with Crippen molar-refractivity contribution in [3.05, 3.63) is 77.9 Å². The largest absolute Gasteiger partial charge is 1.00 e. The van der Waals surface area contributed by atoms with Gasteiger partial charge in [0.25, 0.3) is 0 Å². The summed E-state index contributed by atoms with van der Waals surface area (Å²) >= 11 is 0. The molecular weight excluding hydrogens is 381 g/mol. The van der Waals surface area contributed by atoms with Gasteiger partial charge in [-0.2, -0.15) is 0 Å². The van der Waals surface area contributed by atoms with Crippen LogP contribution in [0.5, 0.6) is 0 Å². The molecule has 0 aliphatic carbocycles. The van der Waals surface area contributed by atoms with Crippen LogP contribution in [0, 0.1) is 0 Å². The van der Waals surface area contributed by atoms with E-state index in [-0.39, 0.29) is 24.0 Å². The minimum absolute atomic E-state index is 0. The molecular formula is C20H26IN. The highest BCUT2D eigenvalue weighted by Gasteiger charge is 2.05. The molecule has 0 amide bonds. The first-order valence-corrected chi connectivity index (χ1v) is 7.99. The lowest BCUT2D eigenvalue weighted by molar-refractivity contribution is -0.896. The minimum atomic E-state index is 0. The highest BCUT2D eigenvalue weighted by atomic mass is 127. The van der Waals surface area contributed by atoms with Gasteiger partial charge in [0, 0.05) is 6.42 Å². The topological polar surface area (TPSA) is 4.44 Å². The first-order valence-electron chi connectivity index (χ1n) is 7.99. The van der Waals surface area contributed by atoms with Gasteiger partial charge in [0.1, 0.15) is 0 Å². The average Bonchev–Trinajstić information content (AvgIpc) is 2.57. The van der Waals surface area contributed by atoms with Gasteiger partial charge in [0.15, 0.2) is 0 Å². The predicted molar refractivity (Wildman–Crippen MR) is 91.5 cm³/mol. The van der Waals surface area contributed by atoms with Crippen molar-refractivity contribution in [2.75, 3.05) is 19.6 Å². The molecule has 0 aliphatic rings. The Morgan fingerprint density at radius 3 is 1.68 bits per heavy atom. The Morgan fingerprint density at radius 1 is 0.818 bits per heavy atom. The lowest BCUT2D eigenvalue weighted by Gasteiger charge is -2.15. The van der Waals surface area contributed by atoms with E-state index in [1.165, 1.54) is 36.3 Å². The maximum Gasteiger partial charge on any atom is 0.0806 e. The number of hydrogen-bond donors (Lipinski definition) is 1. The molecule has 118 valence electrons. The van der Waals surface area contributed by atoms with Crippen LogP contribution in [-0.4, -0.2) is 19.6 Å². The van der Waals surface area contributed by atoms with Crippen LogP contribution >= 0.6 is 0 Å². The van der Waals surface area contributed by atoms with Crippen molar-refractivity contribution < 1.29 is 28.9 Å². The zero-order chi connectivity index (χ0) is 14.9. The van der Waals surface area contributed by atoms with E-state index in [9.17, 15) is 0 Å². The van der Waals surface area contributed by atoms with Gasteiger partial charge in [-0.1, -0.05) is 66.7 Å². The SMILES string of the molecule is CC[NH+](CC)CCC=C(c1ccccc1)c1ccccc1.[I-]. The summed E-state index contributed by atoms with van der Waals surface area (Å²) in [6.07, 6.45) is 3.52. The van der Waals surface area contributed by atoms with Gasteiger partial charge in [-0.3, -0.25) is 0 Å². The van der Waals surface area contributed by atoms with Crippen LogP contribution in [0.25, 0.3) is 5.57 Å². The van der Waals surface area contributed by atoms with Crippen LogP contribution in [0.2, 0.25) is 0 Å². The molecule has 1 nitrogen and oxygen atoms in total. The first kappa shape index (κ1) is 18.9. The number of rotatable bonds is 7. The second kappa shape index (κ2) is 10.6. The molecule has 2 rings (SSSR count). The second-order valence-corrected chi connectivity index (χ2v) is 5.35. The molecule has 0 spiro atoms. The van der Waals surface area contributed by atoms with E-state index in [2.05, 4.69) is 80.6 Å². The Kier molecular flexibility index (Phi) is 9.09. The van der Waals surface area contributed by atoms with E-state index in [1.54, 1.807) is 4.90 Å². The summed E-state index contributed by atoms with van der Waals surface area (Å²) in [6.45, 7) is 8.14. The summed E-state index contributed by atoms with van der Waals surface area (Å²) in [6, 6.07) is 21.4. The third-order valence-electron chi connectivity index (χ3n) is 4.02. The molecule has 0 bridgehead atoms. The van der Waals surface area contributed by atoms with Gasteiger partial charge in [0.2, 0.25) is 0 Å². The van der Waals surface area contributed by atoms with E-state index in [4.69, 9.17) is 0 Å². The smallest absolute Gasteiger partial charge is 0.0806 e. The number of hydrogen-bond acceptors (Lipinski definition) is 0. The summed E-state index contributed by atoms with van der Waals surface area (Å²) in [5.41, 5.74) is 3.96. The molecule has 0 atom stereocenters. The normalized spacial score (nSPS) is 10.1. The van der Waals surface area contributed by atoms with Crippen LogP contribution < -0.4 is 28.9 Å². The molecule has 0 fully saturated rings. The van der Waals surface area contributed by atoms with Gasteiger partial charge in [-0.05, 0) is 30.5 Å². The molecule has 0 saturated heterocycles. The summed E-state index contributed by atoms with van der Waals surface area (Å²) in [5.74, 6) is 0. The molecule has 0 radical (unpaired) electrons. The zero-order valence-corrected chi connectivity index (χ0v) is 15.7. The third-order valence-corrected chi connectivity index (χ3v) is 4.02. The van der Waals surface area contributed by atoms with Crippen molar-refractivity contribution in [3.63, 3.8) is 0 Å². The van der Waals surface area contributed by atoms with Crippen molar-refractivity contribution >= 4 is 5.57 Å². The van der Waals surface area contributed by atoms with Crippen LogP contribution in [-0.2, 0) is 0 Å². The molecule has 2 aromatic rings. The third kappa shape index (κ3) is 5.58. The van der Waals surface area contributed by atoms with Crippen molar-refractivity contribution in [3.8, 4) is 0 Å². The summed E-state index contributed by atoms with van der Waals surface area (Å²) < 4.78 is 0. The van der Waals surface area contributed by atoms with E-state index in [0.29, 0.717) is 0 Å². The highest BCUT2D eigenvalue weighted by Crippen LogP contribution is 2.23. The first-order chi connectivity index (χ1) is 10.3. The van der Waals surface area contributed by atoms with Crippen LogP contribution in [0.4, 0.5) is 0 Å². The van der Waals surface area contributed by atoms with Gasteiger partial charge in [-0.25, -0.2) is 0 Å². The van der Waals surface area contributed by atoms with E-state index >= 15 is 0 Å². The number of halogens is 1. The zero-order valence-electron chi connectivity index (χ0n) is 13.6. The molecule has 0 aromatic heterocycles. The average molecular weight is 407 g/mol. The molecule has 0 saturated carbocycles. The molecule has 0 unspecified atom stereocenters. The fraction of sp³-hybridized carbons (Fsp3) is 0.300. The van der Waals surface area contributed by atoms with E-state index in [0.717, 1.165) is 6.42 Å². The van der Waals surface area contributed by atoms with Gasteiger partial charge < -0.3 is 28.9 Å². The quantitative estimate of drug-likeness (QED) is 0.636. The molecule has 2 aromatic carbocycles. The van der Waals surface area contributed by atoms with Crippen molar-refractivity contribution in [1.82, 2.24) is 0 Å². The van der Waals surface area contributed by atoms with Crippen molar-refractivity contribution in [1.29, 1.82) is 0 Å². The van der Waals surface area contributed by atoms with E-state index in [1.807, 2.05) is 0 Å². The molecule has 2 heteroatoms. The fourth-order valence-corrected chi connectivity index (χ4v) is 2.66. The maximum absolute atomic E-state index is 2.40. The van der Waals surface area contributed by atoms with Crippen molar-refractivity contribution in [2.45, 2.75) is 20.3 Å². The Morgan fingerprint density at radius 2 is 1.27 bits per heavy atom. The standard InChI is InChI=1S/C20H25N.HI/c1-3-21(4-2)17-11-16-20(18-12-7-5-8-13-18)19-14-9-6-10-15-19;/h5-10,12-16H,3-4,11,17H2,1-2H3;1H. The Hall–Kier alpha value is -1.13. The Bertz CT molecular complexity index is 503. The van der Waals surface area contributed by atoms with Crippen LogP contribution in [0.3, 0.4) is 0 Å². The van der Waals surface area contributed by atoms with Crippen LogP contribution in [0.15, 0.2) is 66.7 Å². The predicted octanol–water partition coefficient (Wildman–Crippen LogP) is 0.437. The summed E-state index contributed by atoms with van der Waals surface area (Å²) in [5, 5.41) is 0. The molecule has 1 N–H and O–H groups in total. The van der Waals surface area contributed by atoms with Crippen molar-refractivity contribution in [2.24, 2.45) is 0 Å². The highest BCUT2D eigenvalue weighted by molar-refractivity contribution is 5.79. The van der Waals surface area contributed by atoms with Crippen LogP contribution in [0.1, 0.15) is 31.4 Å². The summed E-state index contributed by atoms with van der Waals surface area (Å²) in [4.78, 5) is 1.66. The van der Waals surface area contributed by atoms with Gasteiger partial charge in [0.05, 0.1) is 19.6 Å². The van der Waals surface area contributed by atoms with Gasteiger partial charge in [-0.15, -0.1) is 0 Å². The monoisotopic (exact) mass is 407 g/mol. The van der Waals surface area contributed by atoms with Gasteiger partial charge >= 0.3 is 0 Å². The lowest BCUT2D eigenvalue weighted by Crippen LogP contribution is -3.11. The minimum Gasteiger partial charge on any atom is -1.00 e. The Balaban J connectivity index is 0.00000242. The lowest BCUT2D eigenvalue weighted by atomic mass is 9.97. The maximum atomic E-state index is 2.40. The van der Waals surface area contributed by atoms with E-state index < -0.39 is 0 Å². The number of quaternary nitrogens is 1. The molecule has 22 heavy (non-hydrogen) atoms. The molecule has 0 heterocycles. The fourth-order valence-electron chi connectivity index (χ4n) is 2.66. The second-order valence-electron chi connectivity index (χ2n) is 5.35. The molecule has 0 aliphatic heterocycles. The summed E-state index contributed by atoms with van der Waals surface area (Å²) in [7, 11) is 0. The number of nitrogens with one attached hydrogen (secondary N) is 1.